The summed E-state index contributed by atoms with van der Waals surface area (Å²) in [6.07, 6.45) is -0.774. The SMILES string of the molecule is COC(=O)C(NC(=O)CCNC(=O)OCc1ccccc1)C(C)=O. The normalized spacial score (nSPS) is 11.1. The van der Waals surface area contributed by atoms with Gasteiger partial charge in [-0.1, -0.05) is 30.3 Å². The number of Topliss-reactive ketones (excluding diaryl/α,β-unsaturated/α-hetero) is 1. The number of esters is 1. The van der Waals surface area contributed by atoms with Crippen LogP contribution in [0, 0.1) is 0 Å². The van der Waals surface area contributed by atoms with E-state index in [-0.39, 0.29) is 19.6 Å². The number of alkyl carbamates (subject to hydrolysis) is 1. The molecule has 0 aliphatic carbocycles. The van der Waals surface area contributed by atoms with Crippen LogP contribution >= 0.6 is 0 Å². The molecule has 0 aliphatic rings. The van der Waals surface area contributed by atoms with Gasteiger partial charge in [0.2, 0.25) is 5.91 Å². The van der Waals surface area contributed by atoms with Crippen LogP contribution in [0.1, 0.15) is 18.9 Å². The Labute approximate surface area is 139 Å². The van der Waals surface area contributed by atoms with E-state index in [1.165, 1.54) is 6.92 Å². The Kier molecular flexibility index (Phi) is 7.97. The summed E-state index contributed by atoms with van der Waals surface area (Å²) >= 11 is 0. The predicted molar refractivity (Wildman–Crippen MR) is 83.9 cm³/mol. The topological polar surface area (TPSA) is 111 Å². The molecule has 0 fully saturated rings. The van der Waals surface area contributed by atoms with Crippen LogP contribution < -0.4 is 10.6 Å². The highest BCUT2D eigenvalue weighted by atomic mass is 16.5. The number of methoxy groups -OCH3 is 1. The van der Waals surface area contributed by atoms with Crippen LogP contribution in [-0.4, -0.2) is 43.4 Å². The number of hydrogen-bond donors (Lipinski definition) is 2. The second-order valence-electron chi connectivity index (χ2n) is 4.87. The minimum Gasteiger partial charge on any atom is -0.467 e. The summed E-state index contributed by atoms with van der Waals surface area (Å²) in [7, 11) is 1.12. The van der Waals surface area contributed by atoms with E-state index in [4.69, 9.17) is 4.74 Å². The Balaban J connectivity index is 2.28. The first-order chi connectivity index (χ1) is 11.4. The largest absolute Gasteiger partial charge is 0.467 e. The van der Waals surface area contributed by atoms with Crippen molar-refractivity contribution in [2.75, 3.05) is 13.7 Å². The lowest BCUT2D eigenvalue weighted by atomic mass is 10.2. The van der Waals surface area contributed by atoms with Gasteiger partial charge in [0.25, 0.3) is 0 Å². The van der Waals surface area contributed by atoms with E-state index < -0.39 is 29.8 Å². The molecule has 0 heterocycles. The van der Waals surface area contributed by atoms with Crippen molar-refractivity contribution in [2.24, 2.45) is 0 Å². The molecule has 1 unspecified atom stereocenters. The molecule has 0 aromatic heterocycles. The second-order valence-corrected chi connectivity index (χ2v) is 4.87. The maximum Gasteiger partial charge on any atom is 0.407 e. The van der Waals surface area contributed by atoms with Gasteiger partial charge in [-0.05, 0) is 12.5 Å². The fraction of sp³-hybridized carbons (Fsp3) is 0.375. The summed E-state index contributed by atoms with van der Waals surface area (Å²) < 4.78 is 9.40. The number of carbonyl (C=O) groups excluding carboxylic acids is 4. The van der Waals surface area contributed by atoms with Crippen LogP contribution in [0.5, 0.6) is 0 Å². The molecule has 0 saturated carbocycles. The zero-order valence-corrected chi connectivity index (χ0v) is 13.5. The lowest BCUT2D eigenvalue weighted by Gasteiger charge is -2.13. The average molecular weight is 336 g/mol. The van der Waals surface area contributed by atoms with E-state index in [1.807, 2.05) is 30.3 Å². The first-order valence-corrected chi connectivity index (χ1v) is 7.26. The Morgan fingerprint density at radius 3 is 2.38 bits per heavy atom. The first-order valence-electron chi connectivity index (χ1n) is 7.26. The summed E-state index contributed by atoms with van der Waals surface area (Å²) in [4.78, 5) is 45.8. The number of ether oxygens (including phenoxy) is 2. The molecule has 2 amide bonds. The molecule has 0 aliphatic heterocycles. The minimum atomic E-state index is -1.34. The lowest BCUT2D eigenvalue weighted by Crippen LogP contribution is -2.46. The molecule has 1 rings (SSSR count). The van der Waals surface area contributed by atoms with Crippen LogP contribution in [0.25, 0.3) is 0 Å². The molecule has 1 aromatic carbocycles. The van der Waals surface area contributed by atoms with Gasteiger partial charge in [0.1, 0.15) is 6.61 Å². The van der Waals surface area contributed by atoms with Gasteiger partial charge in [-0.3, -0.25) is 9.59 Å². The highest BCUT2D eigenvalue weighted by molar-refractivity contribution is 6.04. The Morgan fingerprint density at radius 1 is 1.12 bits per heavy atom. The molecule has 0 saturated heterocycles. The van der Waals surface area contributed by atoms with Gasteiger partial charge >= 0.3 is 12.1 Å². The fourth-order valence-corrected chi connectivity index (χ4v) is 1.73. The van der Waals surface area contributed by atoms with Crippen LogP contribution in [0.4, 0.5) is 4.79 Å². The summed E-state index contributed by atoms with van der Waals surface area (Å²) in [5.74, 6) is -1.94. The van der Waals surface area contributed by atoms with Crippen molar-refractivity contribution in [1.82, 2.24) is 10.6 Å². The van der Waals surface area contributed by atoms with Gasteiger partial charge in [-0.15, -0.1) is 0 Å². The minimum absolute atomic E-state index is 0.00521. The molecular formula is C16H20N2O6. The number of carbonyl (C=O) groups is 4. The van der Waals surface area contributed by atoms with Gasteiger partial charge in [-0.25, -0.2) is 9.59 Å². The fourth-order valence-electron chi connectivity index (χ4n) is 1.73. The predicted octanol–water partition coefficient (Wildman–Crippen LogP) is 0.550. The van der Waals surface area contributed by atoms with Crippen LogP contribution in [0.15, 0.2) is 30.3 Å². The van der Waals surface area contributed by atoms with Crippen molar-refractivity contribution in [3.8, 4) is 0 Å². The van der Waals surface area contributed by atoms with E-state index in [1.54, 1.807) is 0 Å². The van der Waals surface area contributed by atoms with E-state index >= 15 is 0 Å². The quantitative estimate of drug-likeness (QED) is 0.530. The third-order valence-corrected chi connectivity index (χ3v) is 2.98. The third-order valence-electron chi connectivity index (χ3n) is 2.98. The Bertz CT molecular complexity index is 587. The van der Waals surface area contributed by atoms with E-state index in [9.17, 15) is 19.2 Å². The molecule has 1 atom stereocenters. The lowest BCUT2D eigenvalue weighted by molar-refractivity contribution is -0.148. The Morgan fingerprint density at radius 2 is 1.79 bits per heavy atom. The molecular weight excluding hydrogens is 316 g/mol. The third kappa shape index (κ3) is 6.91. The molecule has 130 valence electrons. The maximum absolute atomic E-state index is 11.7. The molecule has 24 heavy (non-hydrogen) atoms. The van der Waals surface area contributed by atoms with Crippen molar-refractivity contribution in [1.29, 1.82) is 0 Å². The first kappa shape index (κ1) is 19.1. The van der Waals surface area contributed by atoms with Crippen LogP contribution in [-0.2, 0) is 30.5 Å². The van der Waals surface area contributed by atoms with Gasteiger partial charge < -0.3 is 20.1 Å². The summed E-state index contributed by atoms with van der Waals surface area (Å²) in [5.41, 5.74) is 0.841. The molecule has 0 spiro atoms. The molecule has 0 bridgehead atoms. The Hall–Kier alpha value is -2.90. The molecule has 8 heteroatoms. The maximum atomic E-state index is 11.7. The zero-order valence-electron chi connectivity index (χ0n) is 13.5. The van der Waals surface area contributed by atoms with E-state index in [0.29, 0.717) is 0 Å². The smallest absolute Gasteiger partial charge is 0.407 e. The van der Waals surface area contributed by atoms with Crippen molar-refractivity contribution < 1.29 is 28.7 Å². The molecule has 1 aromatic rings. The molecule has 2 N–H and O–H groups in total. The number of ketones is 1. The molecule has 0 radical (unpaired) electrons. The highest BCUT2D eigenvalue weighted by Gasteiger charge is 2.25. The van der Waals surface area contributed by atoms with E-state index in [2.05, 4.69) is 15.4 Å². The zero-order chi connectivity index (χ0) is 17.9. The van der Waals surface area contributed by atoms with Crippen LogP contribution in [0.2, 0.25) is 0 Å². The number of nitrogens with one attached hydrogen (secondary N) is 2. The average Bonchev–Trinajstić information content (AvgIpc) is 2.58. The number of amides is 2. The number of rotatable bonds is 8. The van der Waals surface area contributed by atoms with E-state index in [0.717, 1.165) is 12.7 Å². The second kappa shape index (κ2) is 9.98. The van der Waals surface area contributed by atoms with Crippen molar-refractivity contribution in [3.05, 3.63) is 35.9 Å². The number of benzene rings is 1. The molecule has 8 nitrogen and oxygen atoms in total. The van der Waals surface area contributed by atoms with Gasteiger partial charge in [0.05, 0.1) is 7.11 Å². The highest BCUT2D eigenvalue weighted by Crippen LogP contribution is 2.00. The van der Waals surface area contributed by atoms with Crippen molar-refractivity contribution >= 4 is 23.8 Å². The monoisotopic (exact) mass is 336 g/mol. The summed E-state index contributed by atoms with van der Waals surface area (Å²) in [6, 6.07) is 7.80. The summed E-state index contributed by atoms with van der Waals surface area (Å²) in [5, 5.41) is 4.65. The van der Waals surface area contributed by atoms with Gasteiger partial charge in [0.15, 0.2) is 11.8 Å². The van der Waals surface area contributed by atoms with Crippen molar-refractivity contribution in [2.45, 2.75) is 26.0 Å². The van der Waals surface area contributed by atoms with Gasteiger partial charge in [0, 0.05) is 13.0 Å². The van der Waals surface area contributed by atoms with Gasteiger partial charge in [-0.2, -0.15) is 0 Å². The van der Waals surface area contributed by atoms with Crippen LogP contribution in [0.3, 0.4) is 0 Å². The standard InChI is InChI=1S/C16H20N2O6/c1-11(19)14(15(21)23-2)18-13(20)8-9-17-16(22)24-10-12-6-4-3-5-7-12/h3-7,14H,8-10H2,1-2H3,(H,17,22)(H,18,20). The van der Waals surface area contributed by atoms with Crippen molar-refractivity contribution in [3.63, 3.8) is 0 Å². The number of hydrogen-bond acceptors (Lipinski definition) is 6. The summed E-state index contributed by atoms with van der Waals surface area (Å²) in [6.45, 7) is 1.29.